The molecule has 2 aromatic carbocycles. The quantitative estimate of drug-likeness (QED) is 0.549. The van der Waals surface area contributed by atoms with Gasteiger partial charge < -0.3 is 14.4 Å². The first-order valence-electron chi connectivity index (χ1n) is 10.9. The Morgan fingerprint density at radius 1 is 1.06 bits per heavy atom. The van der Waals surface area contributed by atoms with Crippen LogP contribution in [0.4, 0.5) is 5.69 Å². The largest absolute Gasteiger partial charge is 0.484 e. The fourth-order valence-electron chi connectivity index (χ4n) is 3.99. The van der Waals surface area contributed by atoms with Crippen molar-refractivity contribution in [3.63, 3.8) is 0 Å². The van der Waals surface area contributed by atoms with Crippen molar-refractivity contribution in [3.8, 4) is 5.75 Å². The summed E-state index contributed by atoms with van der Waals surface area (Å²) in [5, 5.41) is 0.509. The summed E-state index contributed by atoms with van der Waals surface area (Å²) in [4.78, 5) is 44.0. The van der Waals surface area contributed by atoms with E-state index in [1.807, 2.05) is 18.2 Å². The van der Waals surface area contributed by atoms with Crippen molar-refractivity contribution in [1.82, 2.24) is 9.80 Å². The molecule has 1 atom stereocenters. The van der Waals surface area contributed by atoms with Crippen LogP contribution in [0.5, 0.6) is 5.75 Å². The smallest absolute Gasteiger partial charge is 0.261 e. The van der Waals surface area contributed by atoms with Gasteiger partial charge in [-0.05, 0) is 36.4 Å². The third-order valence-electron chi connectivity index (χ3n) is 5.77. The number of halogens is 1. The highest BCUT2D eigenvalue weighted by Crippen LogP contribution is 2.27. The molecule has 2 aliphatic heterocycles. The van der Waals surface area contributed by atoms with Gasteiger partial charge in [-0.15, -0.1) is 0 Å². The van der Waals surface area contributed by atoms with E-state index in [2.05, 4.69) is 4.90 Å². The minimum absolute atomic E-state index is 0.0678. The topological polar surface area (TPSA) is 79.4 Å². The molecule has 0 saturated carbocycles. The van der Waals surface area contributed by atoms with Crippen LogP contribution in [0, 0.1) is 0 Å². The standard InChI is InChI=1S/C24H26ClN3O5/c25-18-6-8-19(9-7-18)28-22(29)16-21(24(28)31)27(11-10-26-12-14-32-15-13-26)23(30)17-33-20-4-2-1-3-5-20/h1-9,21H,10-17H2. The summed E-state index contributed by atoms with van der Waals surface area (Å²) >= 11 is 5.94. The van der Waals surface area contributed by atoms with Crippen LogP contribution in [-0.2, 0) is 19.1 Å². The lowest BCUT2D eigenvalue weighted by Gasteiger charge is -2.32. The van der Waals surface area contributed by atoms with Crippen molar-refractivity contribution in [2.75, 3.05) is 50.9 Å². The number of benzene rings is 2. The zero-order chi connectivity index (χ0) is 23.2. The first-order chi connectivity index (χ1) is 16.0. The number of hydrogen-bond acceptors (Lipinski definition) is 6. The summed E-state index contributed by atoms with van der Waals surface area (Å²) in [5.41, 5.74) is 0.443. The number of morpholine rings is 1. The van der Waals surface area contributed by atoms with E-state index in [0.717, 1.165) is 18.0 Å². The SMILES string of the molecule is O=C1CC(N(CCN2CCOCC2)C(=O)COc2ccccc2)C(=O)N1c1ccc(Cl)cc1. The second kappa shape index (κ2) is 10.8. The van der Waals surface area contributed by atoms with Gasteiger partial charge in [-0.1, -0.05) is 29.8 Å². The molecule has 0 radical (unpaired) electrons. The van der Waals surface area contributed by atoms with Gasteiger partial charge in [0.25, 0.3) is 11.8 Å². The van der Waals surface area contributed by atoms with Gasteiger partial charge in [-0.25, -0.2) is 4.90 Å². The lowest BCUT2D eigenvalue weighted by molar-refractivity contribution is -0.140. The molecule has 3 amide bonds. The number of nitrogens with zero attached hydrogens (tertiary/aromatic N) is 3. The van der Waals surface area contributed by atoms with Gasteiger partial charge in [0.15, 0.2) is 6.61 Å². The van der Waals surface area contributed by atoms with Gasteiger partial charge in [-0.3, -0.25) is 19.3 Å². The van der Waals surface area contributed by atoms with Gasteiger partial charge in [0.05, 0.1) is 25.3 Å². The molecular formula is C24H26ClN3O5. The molecule has 0 aliphatic carbocycles. The van der Waals surface area contributed by atoms with Crippen LogP contribution in [0.25, 0.3) is 0 Å². The fourth-order valence-corrected chi connectivity index (χ4v) is 4.12. The average molecular weight is 472 g/mol. The van der Waals surface area contributed by atoms with Crippen LogP contribution in [0.3, 0.4) is 0 Å². The maximum absolute atomic E-state index is 13.3. The zero-order valence-corrected chi connectivity index (χ0v) is 18.9. The molecule has 8 nitrogen and oxygen atoms in total. The predicted octanol–water partition coefficient (Wildman–Crippen LogP) is 2.21. The van der Waals surface area contributed by atoms with Crippen LogP contribution in [0.15, 0.2) is 54.6 Å². The van der Waals surface area contributed by atoms with Gasteiger partial charge in [0.1, 0.15) is 11.8 Å². The van der Waals surface area contributed by atoms with Crippen molar-refractivity contribution in [2.24, 2.45) is 0 Å². The Hall–Kier alpha value is -2.94. The molecule has 33 heavy (non-hydrogen) atoms. The molecule has 0 N–H and O–H groups in total. The maximum Gasteiger partial charge on any atom is 0.261 e. The Labute approximate surface area is 197 Å². The van der Waals surface area contributed by atoms with Crippen molar-refractivity contribution in [2.45, 2.75) is 12.5 Å². The Balaban J connectivity index is 1.49. The molecule has 2 aromatic rings. The van der Waals surface area contributed by atoms with Crippen molar-refractivity contribution in [3.05, 3.63) is 59.6 Å². The number of carbonyl (C=O) groups is 3. The number of ether oxygens (including phenoxy) is 2. The predicted molar refractivity (Wildman–Crippen MR) is 123 cm³/mol. The van der Waals surface area contributed by atoms with Gasteiger partial charge in [0, 0.05) is 31.2 Å². The van der Waals surface area contributed by atoms with E-state index in [-0.39, 0.29) is 24.8 Å². The number of rotatable bonds is 8. The first-order valence-corrected chi connectivity index (χ1v) is 11.3. The second-order valence-corrected chi connectivity index (χ2v) is 8.34. The lowest BCUT2D eigenvalue weighted by atomic mass is 10.2. The van der Waals surface area contributed by atoms with Gasteiger partial charge in [-0.2, -0.15) is 0 Å². The highest BCUT2D eigenvalue weighted by Gasteiger charge is 2.44. The molecule has 2 aliphatic rings. The number of hydrogen-bond donors (Lipinski definition) is 0. The van der Waals surface area contributed by atoms with E-state index in [4.69, 9.17) is 21.1 Å². The summed E-state index contributed by atoms with van der Waals surface area (Å²) in [6.45, 7) is 3.47. The summed E-state index contributed by atoms with van der Waals surface area (Å²) in [5.74, 6) is -0.537. The second-order valence-electron chi connectivity index (χ2n) is 7.91. The number of para-hydroxylation sites is 1. The molecule has 9 heteroatoms. The van der Waals surface area contributed by atoms with Crippen molar-refractivity contribution in [1.29, 1.82) is 0 Å². The van der Waals surface area contributed by atoms with E-state index in [1.165, 1.54) is 4.90 Å². The molecule has 1 unspecified atom stereocenters. The number of amides is 3. The molecule has 174 valence electrons. The number of imide groups is 1. The summed E-state index contributed by atoms with van der Waals surface area (Å²) < 4.78 is 11.0. The van der Waals surface area contributed by atoms with Gasteiger partial charge >= 0.3 is 0 Å². The van der Waals surface area contributed by atoms with E-state index >= 15 is 0 Å². The molecule has 2 heterocycles. The van der Waals surface area contributed by atoms with Crippen molar-refractivity contribution < 1.29 is 23.9 Å². The van der Waals surface area contributed by atoms with Crippen molar-refractivity contribution >= 4 is 35.0 Å². The van der Waals surface area contributed by atoms with E-state index in [9.17, 15) is 14.4 Å². The minimum atomic E-state index is -0.874. The Morgan fingerprint density at radius 3 is 2.45 bits per heavy atom. The Kier molecular flexibility index (Phi) is 7.59. The number of anilines is 1. The van der Waals surface area contributed by atoms with Crippen LogP contribution in [-0.4, -0.2) is 79.6 Å². The summed E-state index contributed by atoms with van der Waals surface area (Å²) in [7, 11) is 0. The average Bonchev–Trinajstić information content (AvgIpc) is 3.13. The molecule has 2 fully saturated rings. The third kappa shape index (κ3) is 5.71. The normalized spacial score (nSPS) is 19.1. The lowest BCUT2D eigenvalue weighted by Crippen LogP contribution is -2.51. The monoisotopic (exact) mass is 471 g/mol. The Bertz CT molecular complexity index is 979. The van der Waals surface area contributed by atoms with E-state index < -0.39 is 11.9 Å². The maximum atomic E-state index is 13.3. The Morgan fingerprint density at radius 2 is 1.76 bits per heavy atom. The minimum Gasteiger partial charge on any atom is -0.484 e. The molecule has 0 spiro atoms. The summed E-state index contributed by atoms with van der Waals surface area (Å²) in [6.07, 6.45) is -0.0678. The van der Waals surface area contributed by atoms with E-state index in [0.29, 0.717) is 42.8 Å². The number of carbonyl (C=O) groups excluding carboxylic acids is 3. The highest BCUT2D eigenvalue weighted by molar-refractivity contribution is 6.30. The molecule has 0 aromatic heterocycles. The van der Waals surface area contributed by atoms with Crippen LogP contribution in [0.1, 0.15) is 6.42 Å². The fraction of sp³-hybridized carbons (Fsp3) is 0.375. The molecule has 4 rings (SSSR count). The zero-order valence-electron chi connectivity index (χ0n) is 18.2. The molecule has 0 bridgehead atoms. The molecular weight excluding hydrogens is 446 g/mol. The van der Waals surface area contributed by atoms with Crippen LogP contribution in [0.2, 0.25) is 5.02 Å². The van der Waals surface area contributed by atoms with Gasteiger partial charge in [0.2, 0.25) is 5.91 Å². The highest BCUT2D eigenvalue weighted by atomic mass is 35.5. The third-order valence-corrected chi connectivity index (χ3v) is 6.02. The first kappa shape index (κ1) is 23.2. The van der Waals surface area contributed by atoms with Crippen LogP contribution < -0.4 is 9.64 Å². The van der Waals surface area contributed by atoms with Crippen LogP contribution >= 0.6 is 11.6 Å². The summed E-state index contributed by atoms with van der Waals surface area (Å²) in [6, 6.07) is 14.6. The van der Waals surface area contributed by atoms with E-state index in [1.54, 1.807) is 36.4 Å². The molecule has 2 saturated heterocycles.